The fraction of sp³-hybridized carbons (Fsp3) is 0.375. The highest BCUT2D eigenvalue weighted by atomic mass is 16.5. The van der Waals surface area contributed by atoms with Crippen LogP contribution in [0.4, 0.5) is 5.69 Å². The minimum atomic E-state index is -0.887. The van der Waals surface area contributed by atoms with Crippen LogP contribution in [0.25, 0.3) is 10.9 Å². The monoisotopic (exact) mass is 389 g/mol. The van der Waals surface area contributed by atoms with Crippen LogP contribution >= 0.6 is 0 Å². The Bertz CT molecular complexity index is 1140. The van der Waals surface area contributed by atoms with Crippen molar-refractivity contribution < 1.29 is 9.53 Å². The summed E-state index contributed by atoms with van der Waals surface area (Å²) in [6, 6.07) is 8.35. The van der Waals surface area contributed by atoms with Crippen LogP contribution in [0.1, 0.15) is 40.4 Å². The van der Waals surface area contributed by atoms with Crippen LogP contribution in [0.3, 0.4) is 0 Å². The van der Waals surface area contributed by atoms with E-state index in [1.807, 2.05) is 38.7 Å². The van der Waals surface area contributed by atoms with E-state index in [0.717, 1.165) is 51.3 Å². The summed E-state index contributed by atoms with van der Waals surface area (Å²) in [5.41, 5.74) is 14.0. The van der Waals surface area contributed by atoms with E-state index in [-0.39, 0.29) is 5.91 Å². The standard InChI is InChI=1S/C24H27N3O2/c1-13-14(2)22-18(15(3)21(13)25)11-24(4,29-22)23(28)27-10-9-17-16-7-5-6-8-19(16)26-20(17)12-27/h5-8,26H,9-12,25H2,1-4H3. The van der Waals surface area contributed by atoms with E-state index >= 15 is 0 Å². The van der Waals surface area contributed by atoms with Crippen molar-refractivity contribution in [2.24, 2.45) is 0 Å². The first-order valence-electron chi connectivity index (χ1n) is 10.2. The zero-order valence-electron chi connectivity index (χ0n) is 17.5. The molecule has 0 radical (unpaired) electrons. The molecule has 5 heteroatoms. The Morgan fingerprint density at radius 1 is 1.14 bits per heavy atom. The largest absolute Gasteiger partial charge is 0.477 e. The van der Waals surface area contributed by atoms with Gasteiger partial charge >= 0.3 is 0 Å². The number of nitrogens with zero attached hydrogens (tertiary/aromatic N) is 1. The number of carbonyl (C=O) groups is 1. The van der Waals surface area contributed by atoms with Crippen molar-refractivity contribution in [1.29, 1.82) is 0 Å². The maximum absolute atomic E-state index is 13.6. The topological polar surface area (TPSA) is 71.4 Å². The minimum Gasteiger partial charge on any atom is -0.477 e. The van der Waals surface area contributed by atoms with Gasteiger partial charge in [-0.1, -0.05) is 18.2 Å². The number of H-pyrrole nitrogens is 1. The smallest absolute Gasteiger partial charge is 0.267 e. The Hall–Kier alpha value is -2.95. The Morgan fingerprint density at radius 2 is 1.90 bits per heavy atom. The number of nitrogens with two attached hydrogens (primary N) is 1. The molecule has 29 heavy (non-hydrogen) atoms. The van der Waals surface area contributed by atoms with Crippen molar-refractivity contribution >= 4 is 22.5 Å². The number of ether oxygens (including phenoxy) is 1. The summed E-state index contributed by atoms with van der Waals surface area (Å²) in [6.45, 7) is 9.29. The molecule has 3 aromatic rings. The van der Waals surface area contributed by atoms with Gasteiger partial charge in [-0.2, -0.15) is 0 Å². The quantitative estimate of drug-likeness (QED) is 0.619. The van der Waals surface area contributed by atoms with Gasteiger partial charge in [0.15, 0.2) is 5.60 Å². The molecule has 3 N–H and O–H groups in total. The van der Waals surface area contributed by atoms with Gasteiger partial charge in [-0.25, -0.2) is 0 Å². The Morgan fingerprint density at radius 3 is 2.69 bits per heavy atom. The molecule has 2 aromatic carbocycles. The Kier molecular flexibility index (Phi) is 3.76. The van der Waals surface area contributed by atoms with Crippen LogP contribution in [0.15, 0.2) is 24.3 Å². The first-order valence-corrected chi connectivity index (χ1v) is 10.2. The van der Waals surface area contributed by atoms with Gasteiger partial charge in [-0.15, -0.1) is 0 Å². The third-order valence-corrected chi connectivity index (χ3v) is 6.90. The van der Waals surface area contributed by atoms with Gasteiger partial charge < -0.3 is 20.4 Å². The molecule has 5 rings (SSSR count). The van der Waals surface area contributed by atoms with Crippen molar-refractivity contribution in [1.82, 2.24) is 9.88 Å². The van der Waals surface area contributed by atoms with Gasteiger partial charge in [-0.05, 0) is 62.4 Å². The van der Waals surface area contributed by atoms with Gasteiger partial charge in [0, 0.05) is 40.8 Å². The molecule has 1 unspecified atom stereocenters. The molecule has 0 aliphatic carbocycles. The minimum absolute atomic E-state index is 0.0491. The molecule has 0 spiro atoms. The second kappa shape index (κ2) is 6.02. The van der Waals surface area contributed by atoms with Crippen LogP contribution in [0.5, 0.6) is 5.75 Å². The zero-order chi connectivity index (χ0) is 20.5. The predicted molar refractivity (Wildman–Crippen MR) is 115 cm³/mol. The van der Waals surface area contributed by atoms with Crippen molar-refractivity contribution in [3.63, 3.8) is 0 Å². The van der Waals surface area contributed by atoms with Crippen molar-refractivity contribution in [3.05, 3.63) is 57.8 Å². The molecule has 1 amide bonds. The molecule has 1 aromatic heterocycles. The zero-order valence-corrected chi connectivity index (χ0v) is 17.5. The summed E-state index contributed by atoms with van der Waals surface area (Å²) in [5, 5.41) is 1.27. The maximum atomic E-state index is 13.6. The number of nitrogens with one attached hydrogen (secondary N) is 1. The molecule has 150 valence electrons. The van der Waals surface area contributed by atoms with E-state index in [1.165, 1.54) is 10.9 Å². The molecule has 0 fully saturated rings. The van der Waals surface area contributed by atoms with Crippen LogP contribution < -0.4 is 10.5 Å². The molecule has 1 atom stereocenters. The third-order valence-electron chi connectivity index (χ3n) is 6.90. The SMILES string of the molecule is Cc1c(C)c2c(c(C)c1N)CC(C)(C(=O)N1CCc3c([nH]c4ccccc34)C1)O2. The number of rotatable bonds is 1. The lowest BCUT2D eigenvalue weighted by Gasteiger charge is -2.33. The van der Waals surface area contributed by atoms with E-state index in [9.17, 15) is 4.79 Å². The number of anilines is 1. The number of carbonyl (C=O) groups excluding carboxylic acids is 1. The average molecular weight is 389 g/mol. The third kappa shape index (κ3) is 2.49. The second-order valence-electron chi connectivity index (χ2n) is 8.71. The molecular formula is C24H27N3O2. The number of aromatic nitrogens is 1. The van der Waals surface area contributed by atoms with Crippen LogP contribution in [-0.2, 0) is 24.2 Å². The van der Waals surface area contributed by atoms with E-state index in [0.29, 0.717) is 19.5 Å². The van der Waals surface area contributed by atoms with E-state index in [1.54, 1.807) is 0 Å². The summed E-state index contributed by atoms with van der Waals surface area (Å²) in [5.74, 6) is 0.890. The molecule has 2 aliphatic heterocycles. The average Bonchev–Trinajstić information content (AvgIpc) is 3.28. The summed E-state index contributed by atoms with van der Waals surface area (Å²) in [4.78, 5) is 19.0. The lowest BCUT2D eigenvalue weighted by molar-refractivity contribution is -0.146. The fourth-order valence-corrected chi connectivity index (χ4v) is 4.98. The summed E-state index contributed by atoms with van der Waals surface area (Å²) in [6.07, 6.45) is 1.42. The first kappa shape index (κ1) is 18.1. The lowest BCUT2D eigenvalue weighted by atomic mass is 9.91. The fourth-order valence-electron chi connectivity index (χ4n) is 4.98. The summed E-state index contributed by atoms with van der Waals surface area (Å²) in [7, 11) is 0. The number of amides is 1. The number of fused-ring (bicyclic) bond motifs is 4. The van der Waals surface area contributed by atoms with Gasteiger partial charge in [0.25, 0.3) is 5.91 Å². The highest BCUT2D eigenvalue weighted by Gasteiger charge is 2.46. The van der Waals surface area contributed by atoms with Crippen molar-refractivity contribution in [2.45, 2.75) is 52.7 Å². The molecular weight excluding hydrogens is 362 g/mol. The molecule has 5 nitrogen and oxygen atoms in total. The number of hydrogen-bond donors (Lipinski definition) is 2. The van der Waals surface area contributed by atoms with Crippen LogP contribution in [0.2, 0.25) is 0 Å². The van der Waals surface area contributed by atoms with Crippen LogP contribution in [-0.4, -0.2) is 27.9 Å². The molecule has 0 saturated carbocycles. The van der Waals surface area contributed by atoms with Crippen molar-refractivity contribution in [2.75, 3.05) is 12.3 Å². The van der Waals surface area contributed by atoms with E-state index in [4.69, 9.17) is 10.5 Å². The number of aromatic amines is 1. The highest BCUT2D eigenvalue weighted by molar-refractivity contribution is 5.89. The number of benzene rings is 2. The summed E-state index contributed by atoms with van der Waals surface area (Å²) < 4.78 is 6.35. The maximum Gasteiger partial charge on any atom is 0.267 e. The second-order valence-corrected chi connectivity index (χ2v) is 8.71. The Balaban J connectivity index is 1.45. The number of hydrogen-bond acceptors (Lipinski definition) is 3. The molecule has 0 bridgehead atoms. The number of para-hydroxylation sites is 1. The van der Waals surface area contributed by atoms with E-state index in [2.05, 4.69) is 23.2 Å². The van der Waals surface area contributed by atoms with Gasteiger partial charge in [0.2, 0.25) is 0 Å². The van der Waals surface area contributed by atoms with Gasteiger partial charge in [-0.3, -0.25) is 4.79 Å². The van der Waals surface area contributed by atoms with E-state index < -0.39 is 5.60 Å². The molecule has 0 saturated heterocycles. The number of nitrogen functional groups attached to an aromatic ring is 1. The Labute approximate surface area is 170 Å². The summed E-state index contributed by atoms with van der Waals surface area (Å²) >= 11 is 0. The van der Waals surface area contributed by atoms with Gasteiger partial charge in [0.05, 0.1) is 6.54 Å². The van der Waals surface area contributed by atoms with Crippen molar-refractivity contribution in [3.8, 4) is 5.75 Å². The first-order chi connectivity index (χ1) is 13.8. The molecule has 2 aliphatic rings. The highest BCUT2D eigenvalue weighted by Crippen LogP contribution is 2.44. The normalized spacial score (nSPS) is 20.5. The predicted octanol–water partition coefficient (Wildman–Crippen LogP) is 3.95. The van der Waals surface area contributed by atoms with Gasteiger partial charge in [0.1, 0.15) is 5.75 Å². The van der Waals surface area contributed by atoms with Crippen LogP contribution in [0, 0.1) is 20.8 Å². The lowest BCUT2D eigenvalue weighted by Crippen LogP contribution is -2.51. The molecule has 3 heterocycles.